The molecule has 0 saturated carbocycles. The molecule has 2 aromatic carbocycles. The molecule has 166 valence electrons. The summed E-state index contributed by atoms with van der Waals surface area (Å²) in [5.41, 5.74) is 2.16. The van der Waals surface area contributed by atoms with Gasteiger partial charge >= 0.3 is 5.97 Å². The predicted molar refractivity (Wildman–Crippen MR) is 128 cm³/mol. The molecule has 6 nitrogen and oxygen atoms in total. The lowest BCUT2D eigenvalue weighted by Crippen LogP contribution is -2.42. The van der Waals surface area contributed by atoms with Crippen molar-refractivity contribution < 1.29 is 9.53 Å². The number of likely N-dealkylation sites (tertiary alicyclic amines) is 1. The number of anilines is 2. The van der Waals surface area contributed by atoms with Gasteiger partial charge in [-0.3, -0.25) is 9.69 Å². The van der Waals surface area contributed by atoms with E-state index < -0.39 is 0 Å². The first kappa shape index (κ1) is 23.9. The number of nitrogens with zero attached hydrogens (tertiary/aromatic N) is 2. The summed E-state index contributed by atoms with van der Waals surface area (Å²) < 4.78 is 8.36. The van der Waals surface area contributed by atoms with Crippen molar-refractivity contribution in [2.75, 3.05) is 31.6 Å². The van der Waals surface area contributed by atoms with Gasteiger partial charge in [0.1, 0.15) is 6.61 Å². The highest BCUT2D eigenvalue weighted by atomic mass is 35.5. The van der Waals surface area contributed by atoms with Gasteiger partial charge in [-0.15, -0.1) is 4.91 Å². The van der Waals surface area contributed by atoms with Gasteiger partial charge in [0.05, 0.1) is 22.2 Å². The second kappa shape index (κ2) is 11.2. The van der Waals surface area contributed by atoms with Crippen LogP contribution in [-0.4, -0.2) is 41.9 Å². The molecule has 0 aliphatic carbocycles. The maximum absolute atomic E-state index is 12.4. The van der Waals surface area contributed by atoms with Gasteiger partial charge < -0.3 is 10.1 Å². The molecule has 1 N–H and O–H groups in total. The number of halogens is 2. The van der Waals surface area contributed by atoms with E-state index in [9.17, 15) is 9.70 Å². The predicted octanol–water partition coefficient (Wildman–Crippen LogP) is 6.09. The molecule has 1 aliphatic heterocycles. The summed E-state index contributed by atoms with van der Waals surface area (Å²) in [6.45, 7) is 4.80. The number of hydrogen-bond acceptors (Lipinski definition) is 7. The van der Waals surface area contributed by atoms with Gasteiger partial charge in [-0.05, 0) is 56.6 Å². The second-order valence-electron chi connectivity index (χ2n) is 7.73. The highest BCUT2D eigenvalue weighted by Crippen LogP contribution is 2.36. The standard InChI is InChI=1S/C22H25Cl2N3O3S/c1-22(31-26-29)9-11-27(12-10-22)13-14-30-20(28)15-16-5-2-3-8-19(16)25-21-17(23)6-4-7-18(21)24/h2-8,25H,9-15H2,1H3. The van der Waals surface area contributed by atoms with Crippen molar-refractivity contribution in [1.82, 2.24) is 4.90 Å². The van der Waals surface area contributed by atoms with E-state index in [0.717, 1.165) is 49.1 Å². The molecule has 1 saturated heterocycles. The number of nitroso groups, excluding NO2 is 1. The van der Waals surface area contributed by atoms with E-state index in [1.807, 2.05) is 24.3 Å². The van der Waals surface area contributed by atoms with E-state index in [2.05, 4.69) is 21.7 Å². The number of piperidine rings is 1. The van der Waals surface area contributed by atoms with Gasteiger partial charge in [0.2, 0.25) is 0 Å². The molecule has 0 bridgehead atoms. The number of nitrogens with one attached hydrogen (secondary N) is 1. The van der Waals surface area contributed by atoms with E-state index in [1.165, 1.54) is 0 Å². The zero-order chi connectivity index (χ0) is 22.3. The quantitative estimate of drug-likeness (QED) is 0.265. The van der Waals surface area contributed by atoms with Crippen LogP contribution < -0.4 is 5.32 Å². The number of carbonyl (C=O) groups excluding carboxylic acids is 1. The van der Waals surface area contributed by atoms with Crippen LogP contribution in [0, 0.1) is 4.91 Å². The minimum Gasteiger partial charge on any atom is -0.464 e. The topological polar surface area (TPSA) is 71.0 Å². The first-order valence-corrected chi connectivity index (χ1v) is 11.6. The molecule has 0 radical (unpaired) electrons. The van der Waals surface area contributed by atoms with Gasteiger partial charge in [0.25, 0.3) is 0 Å². The molecule has 0 atom stereocenters. The van der Waals surface area contributed by atoms with E-state index >= 15 is 0 Å². The first-order chi connectivity index (χ1) is 14.9. The smallest absolute Gasteiger partial charge is 0.310 e. The van der Waals surface area contributed by atoms with Crippen molar-refractivity contribution in [2.45, 2.75) is 30.9 Å². The monoisotopic (exact) mass is 481 g/mol. The Morgan fingerprint density at radius 2 is 1.84 bits per heavy atom. The van der Waals surface area contributed by atoms with Crippen LogP contribution in [0.3, 0.4) is 0 Å². The number of ether oxygens (including phenoxy) is 1. The maximum atomic E-state index is 12.4. The Balaban J connectivity index is 1.50. The number of para-hydroxylation sites is 2. The maximum Gasteiger partial charge on any atom is 0.310 e. The average Bonchev–Trinajstić information content (AvgIpc) is 2.74. The Bertz CT molecular complexity index is 900. The Morgan fingerprint density at radius 1 is 1.16 bits per heavy atom. The van der Waals surface area contributed by atoms with Crippen LogP contribution in [0.1, 0.15) is 25.3 Å². The lowest BCUT2D eigenvalue weighted by Gasteiger charge is -2.36. The SMILES string of the molecule is CC1(SN=O)CCN(CCOC(=O)Cc2ccccc2Nc2c(Cl)cccc2Cl)CC1. The minimum absolute atomic E-state index is 0.0871. The molecule has 3 rings (SSSR count). The molecular weight excluding hydrogens is 457 g/mol. The van der Waals surface area contributed by atoms with Crippen LogP contribution >= 0.6 is 35.1 Å². The van der Waals surface area contributed by atoms with Crippen molar-refractivity contribution in [2.24, 2.45) is 4.58 Å². The molecule has 0 amide bonds. The molecule has 0 spiro atoms. The Morgan fingerprint density at radius 3 is 2.52 bits per heavy atom. The van der Waals surface area contributed by atoms with Gasteiger partial charge in [0, 0.05) is 33.5 Å². The van der Waals surface area contributed by atoms with Crippen molar-refractivity contribution in [3.8, 4) is 0 Å². The third-order valence-corrected chi connectivity index (χ3v) is 6.97. The highest BCUT2D eigenvalue weighted by Gasteiger charge is 2.31. The molecule has 9 heteroatoms. The van der Waals surface area contributed by atoms with Crippen molar-refractivity contribution in [3.63, 3.8) is 0 Å². The molecule has 1 heterocycles. The van der Waals surface area contributed by atoms with Gasteiger partial charge in [-0.1, -0.05) is 47.5 Å². The average molecular weight is 482 g/mol. The van der Waals surface area contributed by atoms with E-state index in [1.54, 1.807) is 18.2 Å². The van der Waals surface area contributed by atoms with Crippen molar-refractivity contribution >= 4 is 52.5 Å². The molecule has 2 aromatic rings. The van der Waals surface area contributed by atoms with Crippen LogP contribution in [0.15, 0.2) is 47.0 Å². The molecule has 0 unspecified atom stereocenters. The van der Waals surface area contributed by atoms with E-state index in [0.29, 0.717) is 28.9 Å². The Labute approximate surface area is 196 Å². The zero-order valence-corrected chi connectivity index (χ0v) is 19.6. The number of rotatable bonds is 9. The second-order valence-corrected chi connectivity index (χ2v) is 9.87. The van der Waals surface area contributed by atoms with Gasteiger partial charge in [-0.25, -0.2) is 0 Å². The van der Waals surface area contributed by atoms with Crippen LogP contribution in [0.2, 0.25) is 10.0 Å². The number of carbonyl (C=O) groups is 1. The number of esters is 1. The molecular formula is C22H25Cl2N3O3S. The summed E-state index contributed by atoms with van der Waals surface area (Å²) in [7, 11) is 0. The third kappa shape index (κ3) is 6.84. The molecule has 0 aromatic heterocycles. The largest absolute Gasteiger partial charge is 0.464 e. The van der Waals surface area contributed by atoms with Gasteiger partial charge in [-0.2, -0.15) is 0 Å². The highest BCUT2D eigenvalue weighted by molar-refractivity contribution is 7.99. The van der Waals surface area contributed by atoms with Gasteiger partial charge in [0.15, 0.2) is 0 Å². The molecule has 1 aliphatic rings. The van der Waals surface area contributed by atoms with Crippen LogP contribution in [0.25, 0.3) is 0 Å². The minimum atomic E-state index is -0.290. The summed E-state index contributed by atoms with van der Waals surface area (Å²) in [5, 5.41) is 4.24. The van der Waals surface area contributed by atoms with E-state index in [4.69, 9.17) is 27.9 Å². The number of hydrogen-bond donors (Lipinski definition) is 1. The lowest BCUT2D eigenvalue weighted by atomic mass is 9.98. The summed E-state index contributed by atoms with van der Waals surface area (Å²) in [4.78, 5) is 25.2. The normalized spacial score (nSPS) is 16.0. The van der Waals surface area contributed by atoms with Crippen LogP contribution in [0.5, 0.6) is 0 Å². The molecule has 1 fully saturated rings. The lowest BCUT2D eigenvalue weighted by molar-refractivity contribution is -0.143. The first-order valence-electron chi connectivity index (χ1n) is 10.1. The van der Waals surface area contributed by atoms with Crippen molar-refractivity contribution in [1.29, 1.82) is 0 Å². The summed E-state index contributed by atoms with van der Waals surface area (Å²) in [6, 6.07) is 12.8. The van der Waals surface area contributed by atoms with Crippen LogP contribution in [0.4, 0.5) is 11.4 Å². The summed E-state index contributed by atoms with van der Waals surface area (Å²) >= 11 is 13.6. The summed E-state index contributed by atoms with van der Waals surface area (Å²) in [6.07, 6.45) is 1.92. The van der Waals surface area contributed by atoms with Crippen LogP contribution in [-0.2, 0) is 16.0 Å². The fourth-order valence-electron chi connectivity index (χ4n) is 3.47. The fourth-order valence-corrected chi connectivity index (χ4v) is 4.51. The third-order valence-electron chi connectivity index (χ3n) is 5.42. The number of benzene rings is 2. The zero-order valence-electron chi connectivity index (χ0n) is 17.3. The fraction of sp³-hybridized carbons (Fsp3) is 0.409. The Kier molecular flexibility index (Phi) is 8.60. The van der Waals surface area contributed by atoms with Crippen molar-refractivity contribution in [3.05, 3.63) is 63.0 Å². The Hall–Kier alpha value is -1.80. The van der Waals surface area contributed by atoms with E-state index in [-0.39, 0.29) is 17.1 Å². The molecule has 31 heavy (non-hydrogen) atoms. The summed E-state index contributed by atoms with van der Waals surface area (Å²) in [5.74, 6) is -0.290.